The predicted molar refractivity (Wildman–Crippen MR) is 152 cm³/mol. The Morgan fingerprint density at radius 1 is 0.838 bits per heavy atom. The number of aliphatic imine (C=N–C) groups is 1. The fraction of sp³-hybridized carbons (Fsp3) is 0.143. The van der Waals surface area contributed by atoms with Gasteiger partial charge in [-0.05, 0) is 74.6 Å². The molecule has 0 aliphatic heterocycles. The average molecular weight is 513 g/mol. The third-order valence-electron chi connectivity index (χ3n) is 5.14. The molecular formula is C28H28N6O2S. The number of hydrogen-bond acceptors (Lipinski definition) is 6. The Morgan fingerprint density at radius 3 is 2.19 bits per heavy atom. The van der Waals surface area contributed by atoms with Gasteiger partial charge in [0.05, 0.1) is 13.7 Å². The smallest absolute Gasteiger partial charge is 0.229 e. The van der Waals surface area contributed by atoms with E-state index in [9.17, 15) is 0 Å². The molecule has 1 aromatic heterocycles. The number of hydrogen-bond donors (Lipinski definition) is 3. The first-order valence-electron chi connectivity index (χ1n) is 11.6. The fourth-order valence-corrected chi connectivity index (χ4v) is 3.71. The SMILES string of the molecule is COc1ccccc1CN=C(NC(=S)Nc1ccc(Oc2ccccc2)cc1)Nc1nc(C)cc(C)n1. The Hall–Kier alpha value is -4.50. The number of benzene rings is 3. The van der Waals surface area contributed by atoms with E-state index in [4.69, 9.17) is 21.7 Å². The summed E-state index contributed by atoms with van der Waals surface area (Å²) >= 11 is 5.56. The Bertz CT molecular complexity index is 1360. The topological polar surface area (TPSA) is 92.7 Å². The summed E-state index contributed by atoms with van der Waals surface area (Å²) in [5.74, 6) is 3.08. The number of methoxy groups -OCH3 is 1. The lowest BCUT2D eigenvalue weighted by Crippen LogP contribution is -2.39. The van der Waals surface area contributed by atoms with Gasteiger partial charge < -0.3 is 20.1 Å². The maximum Gasteiger partial charge on any atom is 0.229 e. The summed E-state index contributed by atoms with van der Waals surface area (Å²) in [6.45, 7) is 4.19. The summed E-state index contributed by atoms with van der Waals surface area (Å²) in [5, 5.41) is 9.80. The summed E-state index contributed by atoms with van der Waals surface area (Å²) < 4.78 is 11.3. The minimum absolute atomic E-state index is 0.354. The quantitative estimate of drug-likeness (QED) is 0.161. The van der Waals surface area contributed by atoms with Crippen molar-refractivity contribution in [2.75, 3.05) is 17.7 Å². The van der Waals surface area contributed by atoms with Gasteiger partial charge >= 0.3 is 0 Å². The summed E-state index contributed by atoms with van der Waals surface area (Å²) in [5.41, 5.74) is 3.42. The van der Waals surface area contributed by atoms with Crippen molar-refractivity contribution in [2.24, 2.45) is 4.99 Å². The summed E-state index contributed by atoms with van der Waals surface area (Å²) in [7, 11) is 1.64. The van der Waals surface area contributed by atoms with Gasteiger partial charge in [-0.2, -0.15) is 0 Å². The third kappa shape index (κ3) is 7.74. The predicted octanol–water partition coefficient (Wildman–Crippen LogP) is 5.85. The van der Waals surface area contributed by atoms with Crippen LogP contribution in [0.4, 0.5) is 11.6 Å². The zero-order chi connectivity index (χ0) is 26.0. The van der Waals surface area contributed by atoms with E-state index in [-0.39, 0.29) is 0 Å². The largest absolute Gasteiger partial charge is 0.496 e. The molecule has 188 valence electrons. The standard InChI is InChI=1S/C28H28N6O2S/c1-19-17-20(2)31-27(30-19)33-26(29-18-21-9-7-8-12-25(21)35-3)34-28(37)32-22-13-15-24(16-14-22)36-23-10-5-4-6-11-23/h4-17H,18H2,1-3H3,(H3,29,30,31,32,33,34,37). The normalized spacial score (nSPS) is 10.9. The number of thiocarbonyl (C=S) groups is 1. The molecule has 0 saturated heterocycles. The zero-order valence-corrected chi connectivity index (χ0v) is 21.7. The highest BCUT2D eigenvalue weighted by molar-refractivity contribution is 7.80. The fourth-order valence-electron chi connectivity index (χ4n) is 3.50. The lowest BCUT2D eigenvalue weighted by atomic mass is 10.2. The number of nitrogens with one attached hydrogen (secondary N) is 3. The van der Waals surface area contributed by atoms with Crippen LogP contribution in [-0.4, -0.2) is 28.1 Å². The first-order chi connectivity index (χ1) is 18.0. The summed E-state index contributed by atoms with van der Waals surface area (Å²) in [6, 6.07) is 26.8. The molecule has 3 aromatic carbocycles. The highest BCUT2D eigenvalue weighted by Crippen LogP contribution is 2.22. The summed E-state index contributed by atoms with van der Waals surface area (Å²) in [6.07, 6.45) is 0. The van der Waals surface area contributed by atoms with Crippen LogP contribution in [0.2, 0.25) is 0 Å². The van der Waals surface area contributed by atoms with Crippen molar-refractivity contribution in [1.82, 2.24) is 15.3 Å². The molecule has 0 spiro atoms. The average Bonchev–Trinajstić information content (AvgIpc) is 2.88. The van der Waals surface area contributed by atoms with Crippen LogP contribution < -0.4 is 25.4 Å². The second-order valence-corrected chi connectivity index (χ2v) is 8.50. The van der Waals surface area contributed by atoms with Crippen molar-refractivity contribution in [2.45, 2.75) is 20.4 Å². The van der Waals surface area contributed by atoms with Gasteiger partial charge in [-0.3, -0.25) is 5.32 Å². The van der Waals surface area contributed by atoms with E-state index in [0.29, 0.717) is 23.6 Å². The van der Waals surface area contributed by atoms with Crippen LogP contribution in [0.3, 0.4) is 0 Å². The van der Waals surface area contributed by atoms with Crippen molar-refractivity contribution in [3.63, 3.8) is 0 Å². The van der Waals surface area contributed by atoms with Crippen LogP contribution in [-0.2, 0) is 6.54 Å². The van der Waals surface area contributed by atoms with Crippen LogP contribution in [0.5, 0.6) is 17.2 Å². The maximum absolute atomic E-state index is 5.85. The Balaban J connectivity index is 1.46. The van der Waals surface area contributed by atoms with Crippen molar-refractivity contribution in [3.8, 4) is 17.2 Å². The molecule has 4 rings (SSSR count). The monoisotopic (exact) mass is 512 g/mol. The molecule has 0 amide bonds. The van der Waals surface area contributed by atoms with E-state index in [2.05, 4.69) is 30.9 Å². The Morgan fingerprint density at radius 2 is 1.49 bits per heavy atom. The molecule has 0 radical (unpaired) electrons. The molecule has 0 atom stereocenters. The van der Waals surface area contributed by atoms with Crippen molar-refractivity contribution in [1.29, 1.82) is 0 Å². The summed E-state index contributed by atoms with van der Waals surface area (Å²) in [4.78, 5) is 13.6. The van der Waals surface area contributed by atoms with Crippen molar-refractivity contribution < 1.29 is 9.47 Å². The number of aromatic nitrogens is 2. The molecule has 9 heteroatoms. The van der Waals surface area contributed by atoms with Crippen molar-refractivity contribution >= 4 is 34.9 Å². The minimum Gasteiger partial charge on any atom is -0.496 e. The van der Waals surface area contributed by atoms with Gasteiger partial charge in [0, 0.05) is 22.6 Å². The van der Waals surface area contributed by atoms with Gasteiger partial charge in [-0.25, -0.2) is 15.0 Å². The van der Waals surface area contributed by atoms with Gasteiger partial charge in [-0.15, -0.1) is 0 Å². The second kappa shape index (κ2) is 12.5. The molecule has 4 aromatic rings. The van der Waals surface area contributed by atoms with E-state index in [1.165, 1.54) is 0 Å². The molecule has 37 heavy (non-hydrogen) atoms. The van der Waals surface area contributed by atoms with Gasteiger partial charge in [0.25, 0.3) is 0 Å². The molecular weight excluding hydrogens is 484 g/mol. The molecule has 0 saturated carbocycles. The number of aryl methyl sites for hydroxylation is 2. The van der Waals surface area contributed by atoms with E-state index in [0.717, 1.165) is 39.9 Å². The first-order valence-corrected chi connectivity index (χ1v) is 12.1. The van der Waals surface area contributed by atoms with E-state index in [1.54, 1.807) is 7.11 Å². The van der Waals surface area contributed by atoms with Gasteiger partial charge in [0.15, 0.2) is 5.11 Å². The minimum atomic E-state index is 0.354. The molecule has 0 fully saturated rings. The van der Waals surface area contributed by atoms with Crippen LogP contribution in [0.25, 0.3) is 0 Å². The number of para-hydroxylation sites is 2. The maximum atomic E-state index is 5.85. The number of rotatable bonds is 7. The Kier molecular flexibility index (Phi) is 8.62. The lowest BCUT2D eigenvalue weighted by Gasteiger charge is -2.15. The molecule has 0 bridgehead atoms. The van der Waals surface area contributed by atoms with E-state index < -0.39 is 0 Å². The van der Waals surface area contributed by atoms with Gasteiger partial charge in [-0.1, -0.05) is 36.4 Å². The molecule has 0 aliphatic rings. The molecule has 0 unspecified atom stereocenters. The van der Waals surface area contributed by atoms with Crippen molar-refractivity contribution in [3.05, 3.63) is 102 Å². The highest BCUT2D eigenvalue weighted by Gasteiger charge is 2.09. The second-order valence-electron chi connectivity index (χ2n) is 8.09. The number of guanidine groups is 1. The third-order valence-corrected chi connectivity index (χ3v) is 5.34. The zero-order valence-electron chi connectivity index (χ0n) is 20.9. The van der Waals surface area contributed by atoms with Gasteiger partial charge in [0.2, 0.25) is 11.9 Å². The van der Waals surface area contributed by atoms with E-state index in [1.807, 2.05) is 98.8 Å². The number of anilines is 2. The highest BCUT2D eigenvalue weighted by atomic mass is 32.1. The van der Waals surface area contributed by atoms with Crippen LogP contribution >= 0.6 is 12.2 Å². The van der Waals surface area contributed by atoms with Gasteiger partial charge in [0.1, 0.15) is 17.2 Å². The molecule has 0 aliphatic carbocycles. The van der Waals surface area contributed by atoms with Crippen LogP contribution in [0.1, 0.15) is 17.0 Å². The van der Waals surface area contributed by atoms with Crippen LogP contribution in [0, 0.1) is 13.8 Å². The molecule has 3 N–H and O–H groups in total. The number of ether oxygens (including phenoxy) is 2. The molecule has 1 heterocycles. The lowest BCUT2D eigenvalue weighted by molar-refractivity contribution is 0.410. The van der Waals surface area contributed by atoms with Crippen LogP contribution in [0.15, 0.2) is 89.9 Å². The first kappa shape index (κ1) is 25.6. The number of nitrogens with zero attached hydrogens (tertiary/aromatic N) is 3. The molecule has 8 nitrogen and oxygen atoms in total. The van der Waals surface area contributed by atoms with E-state index >= 15 is 0 Å². The Labute approximate surface area is 221 Å².